The van der Waals surface area contributed by atoms with E-state index in [9.17, 15) is 0 Å². The molecule has 0 spiro atoms. The smallest absolute Gasteiger partial charge is 0.231 e. The quantitative estimate of drug-likeness (QED) is 0.747. The number of rotatable bonds is 1. The Morgan fingerprint density at radius 3 is 3.20 bits per heavy atom. The molecule has 1 aromatic carbocycles. The summed E-state index contributed by atoms with van der Waals surface area (Å²) in [6.45, 7) is 2.15. The topological polar surface area (TPSA) is 39.7 Å². The highest BCUT2D eigenvalue weighted by atomic mass is 16.7. The van der Waals surface area contributed by atoms with Crippen molar-refractivity contribution in [1.82, 2.24) is 5.32 Å². The van der Waals surface area contributed by atoms with Crippen molar-refractivity contribution in [1.29, 1.82) is 0 Å². The summed E-state index contributed by atoms with van der Waals surface area (Å²) in [5, 5.41) is 3.33. The first-order valence-corrected chi connectivity index (χ1v) is 5.09. The fourth-order valence-electron chi connectivity index (χ4n) is 2.17. The molecule has 80 valence electrons. The molecule has 0 aromatic heterocycles. The third kappa shape index (κ3) is 1.25. The van der Waals surface area contributed by atoms with E-state index in [0.717, 1.165) is 36.8 Å². The van der Waals surface area contributed by atoms with Crippen molar-refractivity contribution in [2.24, 2.45) is 0 Å². The minimum absolute atomic E-state index is 0.294. The van der Waals surface area contributed by atoms with Gasteiger partial charge in [-0.3, -0.25) is 0 Å². The third-order valence-electron chi connectivity index (χ3n) is 2.89. The van der Waals surface area contributed by atoms with Crippen molar-refractivity contribution < 1.29 is 14.2 Å². The van der Waals surface area contributed by atoms with Crippen molar-refractivity contribution in [3.05, 3.63) is 17.2 Å². The molecule has 0 saturated carbocycles. The van der Waals surface area contributed by atoms with Gasteiger partial charge in [0, 0.05) is 12.1 Å². The number of methoxy groups -OCH3 is 1. The van der Waals surface area contributed by atoms with E-state index in [4.69, 9.17) is 14.2 Å². The lowest BCUT2D eigenvalue weighted by Gasteiger charge is -2.20. The van der Waals surface area contributed by atoms with Crippen molar-refractivity contribution in [3.63, 3.8) is 0 Å². The van der Waals surface area contributed by atoms with E-state index < -0.39 is 0 Å². The van der Waals surface area contributed by atoms with Gasteiger partial charge in [-0.15, -0.1) is 0 Å². The number of benzene rings is 1. The van der Waals surface area contributed by atoms with Gasteiger partial charge in [0.2, 0.25) is 12.5 Å². The summed E-state index contributed by atoms with van der Waals surface area (Å²) in [5.74, 6) is 2.39. The van der Waals surface area contributed by atoms with E-state index in [-0.39, 0.29) is 0 Å². The normalized spacial score (nSPS) is 17.4. The van der Waals surface area contributed by atoms with E-state index in [1.807, 2.05) is 0 Å². The first kappa shape index (κ1) is 8.85. The minimum atomic E-state index is 0.294. The zero-order valence-electron chi connectivity index (χ0n) is 8.63. The second-order valence-electron chi connectivity index (χ2n) is 3.71. The molecule has 0 aliphatic carbocycles. The monoisotopic (exact) mass is 207 g/mol. The highest BCUT2D eigenvalue weighted by molar-refractivity contribution is 5.60. The lowest BCUT2D eigenvalue weighted by atomic mass is 9.99. The van der Waals surface area contributed by atoms with E-state index in [0.29, 0.717) is 6.79 Å². The van der Waals surface area contributed by atoms with Gasteiger partial charge in [0.25, 0.3) is 0 Å². The Labute approximate surface area is 88.1 Å². The van der Waals surface area contributed by atoms with Gasteiger partial charge < -0.3 is 19.5 Å². The van der Waals surface area contributed by atoms with E-state index in [2.05, 4.69) is 11.4 Å². The van der Waals surface area contributed by atoms with Gasteiger partial charge in [0.05, 0.1) is 7.11 Å². The van der Waals surface area contributed by atoms with Gasteiger partial charge in [-0.25, -0.2) is 0 Å². The van der Waals surface area contributed by atoms with Crippen LogP contribution >= 0.6 is 0 Å². The van der Waals surface area contributed by atoms with Crippen LogP contribution in [0.15, 0.2) is 6.07 Å². The zero-order valence-corrected chi connectivity index (χ0v) is 8.63. The van der Waals surface area contributed by atoms with Crippen molar-refractivity contribution >= 4 is 0 Å². The lowest BCUT2D eigenvalue weighted by Crippen LogP contribution is -2.24. The van der Waals surface area contributed by atoms with E-state index in [1.165, 1.54) is 11.1 Å². The average molecular weight is 207 g/mol. The molecular weight excluding hydrogens is 194 g/mol. The maximum absolute atomic E-state index is 5.41. The number of fused-ring (bicyclic) bond motifs is 2. The standard InChI is InChI=1S/C11H13NO3/c1-13-10-8-5-12-3-2-7(8)4-9-11(10)15-6-14-9/h4,12H,2-3,5-6H2,1H3. The molecule has 0 amide bonds. The molecule has 1 aromatic rings. The van der Waals surface area contributed by atoms with Gasteiger partial charge in [-0.2, -0.15) is 0 Å². The van der Waals surface area contributed by atoms with Crippen LogP contribution in [-0.2, 0) is 13.0 Å². The Balaban J connectivity index is 2.19. The Morgan fingerprint density at radius 1 is 1.40 bits per heavy atom. The Hall–Kier alpha value is -1.42. The molecular formula is C11H13NO3. The molecule has 1 N–H and O–H groups in total. The molecule has 0 bridgehead atoms. The fourth-order valence-corrected chi connectivity index (χ4v) is 2.17. The molecule has 4 heteroatoms. The third-order valence-corrected chi connectivity index (χ3v) is 2.89. The molecule has 4 nitrogen and oxygen atoms in total. The van der Waals surface area contributed by atoms with Crippen LogP contribution < -0.4 is 19.5 Å². The predicted molar refractivity (Wildman–Crippen MR) is 54.5 cm³/mol. The number of hydrogen-bond donors (Lipinski definition) is 1. The summed E-state index contributed by atoms with van der Waals surface area (Å²) in [6, 6.07) is 2.07. The van der Waals surface area contributed by atoms with E-state index >= 15 is 0 Å². The van der Waals surface area contributed by atoms with Crippen LogP contribution in [-0.4, -0.2) is 20.4 Å². The molecule has 0 radical (unpaired) electrons. The molecule has 0 saturated heterocycles. The van der Waals surface area contributed by atoms with Crippen LogP contribution in [0.1, 0.15) is 11.1 Å². The second kappa shape index (κ2) is 3.31. The number of nitrogens with one attached hydrogen (secondary N) is 1. The first-order valence-electron chi connectivity index (χ1n) is 5.09. The summed E-state index contributed by atoms with van der Waals surface area (Å²) in [7, 11) is 1.67. The van der Waals surface area contributed by atoms with Crippen LogP contribution in [0.25, 0.3) is 0 Å². The number of hydrogen-bond acceptors (Lipinski definition) is 4. The fraction of sp³-hybridized carbons (Fsp3) is 0.455. The summed E-state index contributed by atoms with van der Waals surface area (Å²) in [4.78, 5) is 0. The maximum Gasteiger partial charge on any atom is 0.231 e. The van der Waals surface area contributed by atoms with E-state index in [1.54, 1.807) is 7.11 Å². The highest BCUT2D eigenvalue weighted by Crippen LogP contribution is 2.45. The average Bonchev–Trinajstić information content (AvgIpc) is 2.73. The SMILES string of the molecule is COc1c2c(cc3c1OCO3)CCNC2. The second-order valence-corrected chi connectivity index (χ2v) is 3.71. The Kier molecular flexibility index (Phi) is 1.95. The molecule has 2 aliphatic rings. The molecule has 0 atom stereocenters. The summed E-state index contributed by atoms with van der Waals surface area (Å²) in [6.07, 6.45) is 1.02. The van der Waals surface area contributed by atoms with Crippen LogP contribution in [0.4, 0.5) is 0 Å². The molecule has 15 heavy (non-hydrogen) atoms. The number of ether oxygens (including phenoxy) is 3. The van der Waals surface area contributed by atoms with Crippen LogP contribution in [0.3, 0.4) is 0 Å². The Morgan fingerprint density at radius 2 is 2.33 bits per heavy atom. The van der Waals surface area contributed by atoms with Crippen LogP contribution in [0.2, 0.25) is 0 Å². The van der Waals surface area contributed by atoms with Crippen molar-refractivity contribution in [2.75, 3.05) is 20.4 Å². The Bertz CT molecular complexity index is 403. The van der Waals surface area contributed by atoms with Gasteiger partial charge in [-0.1, -0.05) is 0 Å². The lowest BCUT2D eigenvalue weighted by molar-refractivity contribution is 0.171. The molecule has 2 aliphatic heterocycles. The largest absolute Gasteiger partial charge is 0.492 e. The first-order chi connectivity index (χ1) is 7.40. The molecule has 0 unspecified atom stereocenters. The molecule has 0 fully saturated rings. The zero-order chi connectivity index (χ0) is 10.3. The van der Waals surface area contributed by atoms with Crippen molar-refractivity contribution in [3.8, 4) is 17.2 Å². The summed E-state index contributed by atoms with van der Waals surface area (Å²) < 4.78 is 16.2. The molecule has 2 heterocycles. The maximum atomic E-state index is 5.41. The van der Waals surface area contributed by atoms with Crippen LogP contribution in [0.5, 0.6) is 17.2 Å². The minimum Gasteiger partial charge on any atom is -0.492 e. The summed E-state index contributed by atoms with van der Waals surface area (Å²) >= 11 is 0. The predicted octanol–water partition coefficient (Wildman–Crippen LogP) is 1.07. The van der Waals surface area contributed by atoms with Gasteiger partial charge in [0.15, 0.2) is 11.5 Å². The van der Waals surface area contributed by atoms with Gasteiger partial charge in [-0.05, 0) is 24.6 Å². The summed E-state index contributed by atoms with van der Waals surface area (Å²) in [5.41, 5.74) is 2.50. The molecule has 3 rings (SSSR count). The van der Waals surface area contributed by atoms with Gasteiger partial charge >= 0.3 is 0 Å². The van der Waals surface area contributed by atoms with Gasteiger partial charge in [0.1, 0.15) is 0 Å². The highest BCUT2D eigenvalue weighted by Gasteiger charge is 2.26. The van der Waals surface area contributed by atoms with Crippen LogP contribution in [0, 0.1) is 0 Å². The van der Waals surface area contributed by atoms with Crippen molar-refractivity contribution in [2.45, 2.75) is 13.0 Å².